The summed E-state index contributed by atoms with van der Waals surface area (Å²) in [5, 5.41) is 45.7. The van der Waals surface area contributed by atoms with E-state index in [1.165, 1.54) is 41.7 Å². The number of aliphatic hydroxyl groups excluding tert-OH is 1. The summed E-state index contributed by atoms with van der Waals surface area (Å²) in [6.45, 7) is 1.70. The molecule has 16 N–H and O–H groups in total. The lowest BCUT2D eigenvalue weighted by molar-refractivity contribution is -0.142. The number of aromatic amines is 3. The molecule has 5 heterocycles. The molecule has 2 aliphatic rings. The van der Waals surface area contributed by atoms with Gasteiger partial charge in [0, 0.05) is 84.7 Å². The summed E-state index contributed by atoms with van der Waals surface area (Å²) >= 11 is 0. The fourth-order valence-corrected chi connectivity index (χ4v) is 10.8. The maximum atomic E-state index is 14.5. The van der Waals surface area contributed by atoms with Crippen molar-refractivity contribution >= 4 is 86.8 Å². The first-order chi connectivity index (χ1) is 42.2. The lowest BCUT2D eigenvalue weighted by Gasteiger charge is -2.30. The van der Waals surface area contributed by atoms with Crippen molar-refractivity contribution in [3.63, 3.8) is 0 Å². The Hall–Kier alpha value is -10.1. The van der Waals surface area contributed by atoms with Crippen molar-refractivity contribution in [2.45, 2.75) is 120 Å². The molecule has 8 atom stereocenters. The lowest BCUT2D eigenvalue weighted by Crippen LogP contribution is -2.60. The van der Waals surface area contributed by atoms with E-state index in [-0.39, 0.29) is 69.1 Å². The van der Waals surface area contributed by atoms with Crippen LogP contribution < -0.4 is 53.6 Å². The molecular formula is C60H73N15O13. The molecule has 6 aromatic rings. The van der Waals surface area contributed by atoms with E-state index in [9.17, 15) is 63.0 Å². The van der Waals surface area contributed by atoms with Crippen LogP contribution in [0.4, 0.5) is 0 Å². The number of phenolic OH excluding ortho intramolecular Hbond substituents is 1. The smallest absolute Gasteiger partial charge is 0.245 e. The number of aliphatic hydroxyl groups is 1. The predicted molar refractivity (Wildman–Crippen MR) is 317 cm³/mol. The monoisotopic (exact) mass is 1210 g/mol. The molecule has 3 aromatic carbocycles. The van der Waals surface area contributed by atoms with Gasteiger partial charge in [-0.2, -0.15) is 0 Å². The van der Waals surface area contributed by atoms with Gasteiger partial charge in [0.05, 0.1) is 26.0 Å². The summed E-state index contributed by atoms with van der Waals surface area (Å²) in [7, 11) is 0. The van der Waals surface area contributed by atoms with Crippen LogP contribution in [-0.2, 0) is 78.4 Å². The minimum Gasteiger partial charge on any atom is -0.508 e. The third-order valence-electron chi connectivity index (χ3n) is 15.3. The highest BCUT2D eigenvalue weighted by molar-refractivity contribution is 5.99. The molecule has 2 fully saturated rings. The molecule has 0 spiro atoms. The van der Waals surface area contributed by atoms with Crippen molar-refractivity contribution in [2.75, 3.05) is 26.2 Å². The molecule has 28 heteroatoms. The Bertz CT molecular complexity index is 3510. The standard InChI is InChI=1S/C60H73N15O13/c1-32(2)20-47(60(88)75-19-7-12-49(75)59(87)65-28-50(61)78)73-55(83)44(22-34-25-63-40-10-5-3-8-38(34)40)69-52(80)29-66-53(81)43(21-33-13-15-37(77)16-14-33)70-58(86)48(30-76)74-56(84)45(23-35-26-64-41-11-6-4-9-39(35)41)71-57(85)46(24-36-27-62-31-67-36)72-54(82)42-17-18-51(79)68-42/h3-6,8-11,13-16,25-27,31-32,42-49,63-64,76-77H,7,12,17-24,28-30H2,1-2H3,(H2,61,78)(H,62,67)(H,65,87)(H,66,81)(H,68,79)(H,69,80)(H,70,86)(H,71,85)(H,72,82)(H,73,83)(H,74,84)/t42-,43-,44-,45-,46-,47-,48-,49-/m0/s1. The van der Waals surface area contributed by atoms with E-state index in [0.29, 0.717) is 46.1 Å². The van der Waals surface area contributed by atoms with E-state index in [1.807, 2.05) is 32.0 Å². The number of carbonyl (C=O) groups excluding carboxylic acids is 11. The number of hydrogen-bond donors (Lipinski definition) is 15. The van der Waals surface area contributed by atoms with Gasteiger partial charge in [0.25, 0.3) is 0 Å². The molecule has 0 aliphatic carbocycles. The number of nitrogens with one attached hydrogen (secondary N) is 12. The molecule has 0 bridgehead atoms. The minimum atomic E-state index is -1.76. The van der Waals surface area contributed by atoms with Gasteiger partial charge < -0.3 is 83.6 Å². The number of nitrogens with two attached hydrogens (primary N) is 1. The number of benzene rings is 3. The molecule has 2 saturated heterocycles. The number of aromatic hydroxyl groups is 1. The molecule has 28 nitrogen and oxygen atoms in total. The fraction of sp³-hybridized carbons (Fsp3) is 0.400. The third-order valence-corrected chi connectivity index (χ3v) is 15.3. The van der Waals surface area contributed by atoms with Gasteiger partial charge >= 0.3 is 0 Å². The second kappa shape index (κ2) is 29.8. The van der Waals surface area contributed by atoms with Crippen LogP contribution in [0.25, 0.3) is 21.8 Å². The van der Waals surface area contributed by atoms with Crippen molar-refractivity contribution in [3.05, 3.63) is 120 Å². The van der Waals surface area contributed by atoms with E-state index in [4.69, 9.17) is 5.73 Å². The molecule has 88 heavy (non-hydrogen) atoms. The number of hydrogen-bond acceptors (Lipinski definition) is 14. The summed E-state index contributed by atoms with van der Waals surface area (Å²) < 4.78 is 0. The highest BCUT2D eigenvalue weighted by Gasteiger charge is 2.40. The zero-order chi connectivity index (χ0) is 63.0. The van der Waals surface area contributed by atoms with Crippen molar-refractivity contribution in [1.82, 2.24) is 72.7 Å². The normalized spacial score (nSPS) is 16.7. The fourth-order valence-electron chi connectivity index (χ4n) is 10.8. The first-order valence-corrected chi connectivity index (χ1v) is 28.9. The quantitative estimate of drug-likeness (QED) is 0.0249. The Balaban J connectivity index is 0.981. The molecule has 0 radical (unpaired) electrons. The van der Waals surface area contributed by atoms with Crippen LogP contribution in [0.1, 0.15) is 68.3 Å². The van der Waals surface area contributed by atoms with E-state index in [0.717, 1.165) is 10.9 Å². The highest BCUT2D eigenvalue weighted by Crippen LogP contribution is 2.24. The zero-order valence-corrected chi connectivity index (χ0v) is 48.5. The average molecular weight is 1210 g/mol. The van der Waals surface area contributed by atoms with Crippen molar-refractivity contribution < 1.29 is 63.0 Å². The van der Waals surface area contributed by atoms with Gasteiger partial charge in [-0.1, -0.05) is 62.4 Å². The van der Waals surface area contributed by atoms with Crippen LogP contribution in [0.5, 0.6) is 5.75 Å². The van der Waals surface area contributed by atoms with Gasteiger partial charge in [-0.3, -0.25) is 52.7 Å². The number of carbonyl (C=O) groups is 11. The Morgan fingerprint density at radius 2 is 1.20 bits per heavy atom. The largest absolute Gasteiger partial charge is 0.508 e. The topological polar surface area (TPSA) is 426 Å². The number of phenols is 1. The van der Waals surface area contributed by atoms with Gasteiger partial charge in [-0.15, -0.1) is 0 Å². The highest BCUT2D eigenvalue weighted by atomic mass is 16.3. The van der Waals surface area contributed by atoms with Crippen molar-refractivity contribution in [2.24, 2.45) is 11.7 Å². The predicted octanol–water partition coefficient (Wildman–Crippen LogP) is -1.72. The summed E-state index contributed by atoms with van der Waals surface area (Å²) in [6.07, 6.45) is 6.76. The number of rotatable bonds is 29. The van der Waals surface area contributed by atoms with Crippen molar-refractivity contribution in [3.8, 4) is 5.75 Å². The molecule has 11 amide bonds. The Kier molecular flexibility index (Phi) is 21.6. The summed E-state index contributed by atoms with van der Waals surface area (Å²) in [5.74, 6) is -8.46. The van der Waals surface area contributed by atoms with Crippen LogP contribution in [0.15, 0.2) is 97.7 Å². The number of amides is 11. The molecule has 0 saturated carbocycles. The van der Waals surface area contributed by atoms with E-state index in [2.05, 4.69) is 67.8 Å². The number of imidazole rings is 1. The number of fused-ring (bicyclic) bond motifs is 2. The first-order valence-electron chi connectivity index (χ1n) is 28.9. The van der Waals surface area contributed by atoms with Crippen LogP contribution in [0.2, 0.25) is 0 Å². The summed E-state index contributed by atoms with van der Waals surface area (Å²) in [4.78, 5) is 165. The van der Waals surface area contributed by atoms with Crippen LogP contribution in [-0.4, -0.2) is 175 Å². The SMILES string of the molecule is CC(C)C[C@H](NC(=O)[C@H](Cc1c[nH]c2ccccc12)NC(=O)CNC(=O)[C@H](Cc1ccc(O)cc1)NC(=O)[C@H](CO)NC(=O)[C@H](Cc1c[nH]c2ccccc12)NC(=O)[C@H](Cc1cnc[nH]1)NC(=O)[C@@H]1CCC(=O)N1)C(=O)N1CCC[C@H]1C(=O)NCC(N)=O. The molecule has 2 aliphatic heterocycles. The number of nitrogens with zero attached hydrogens (tertiary/aromatic N) is 2. The third kappa shape index (κ3) is 17.1. The second-order valence-corrected chi connectivity index (χ2v) is 22.3. The summed E-state index contributed by atoms with van der Waals surface area (Å²) in [6, 6.07) is 9.70. The minimum absolute atomic E-state index is 0.0935. The zero-order valence-electron chi connectivity index (χ0n) is 48.5. The van der Waals surface area contributed by atoms with Gasteiger partial charge in [0.15, 0.2) is 0 Å². The number of likely N-dealkylation sites (tertiary alicyclic amines) is 1. The molecule has 466 valence electrons. The van der Waals surface area contributed by atoms with E-state index < -0.39 is 127 Å². The molecule has 0 unspecified atom stereocenters. The van der Waals surface area contributed by atoms with Crippen LogP contribution in [0.3, 0.4) is 0 Å². The van der Waals surface area contributed by atoms with Gasteiger partial charge in [-0.05, 0) is 72.6 Å². The number of para-hydroxylation sites is 2. The summed E-state index contributed by atoms with van der Waals surface area (Å²) in [5.41, 5.74) is 8.77. The van der Waals surface area contributed by atoms with Gasteiger partial charge in [0.2, 0.25) is 65.0 Å². The van der Waals surface area contributed by atoms with Gasteiger partial charge in [-0.25, -0.2) is 4.98 Å². The average Bonchev–Trinajstić information content (AvgIpc) is 2.88. The Labute approximate surface area is 504 Å². The second-order valence-electron chi connectivity index (χ2n) is 22.3. The van der Waals surface area contributed by atoms with Crippen molar-refractivity contribution in [1.29, 1.82) is 0 Å². The maximum absolute atomic E-state index is 14.5. The number of H-pyrrole nitrogens is 3. The number of primary amides is 1. The van der Waals surface area contributed by atoms with Crippen LogP contribution in [0, 0.1) is 5.92 Å². The van der Waals surface area contributed by atoms with Gasteiger partial charge in [0.1, 0.15) is 54.1 Å². The van der Waals surface area contributed by atoms with E-state index in [1.54, 1.807) is 42.7 Å². The molecule has 3 aromatic heterocycles. The molecule has 8 rings (SSSR count). The first kappa shape index (κ1) is 63.9. The lowest BCUT2D eigenvalue weighted by atomic mass is 10.00. The number of aromatic nitrogens is 4. The Morgan fingerprint density at radius 3 is 1.77 bits per heavy atom. The van der Waals surface area contributed by atoms with E-state index >= 15 is 0 Å². The molecular weight excluding hydrogens is 1140 g/mol. The van der Waals surface area contributed by atoms with Crippen LogP contribution >= 0.6 is 0 Å². The Morgan fingerprint density at radius 1 is 0.636 bits per heavy atom. The maximum Gasteiger partial charge on any atom is 0.245 e.